The number of benzene rings is 2. The highest BCUT2D eigenvalue weighted by molar-refractivity contribution is 9.10. The van der Waals surface area contributed by atoms with Crippen LogP contribution in [0.5, 0.6) is 5.75 Å². The van der Waals surface area contributed by atoms with E-state index in [2.05, 4.69) is 15.9 Å². The summed E-state index contributed by atoms with van der Waals surface area (Å²) in [5.74, 6) is -0.450. The van der Waals surface area contributed by atoms with Crippen LogP contribution in [0.3, 0.4) is 0 Å². The van der Waals surface area contributed by atoms with E-state index in [0.717, 1.165) is 0 Å². The second kappa shape index (κ2) is 6.33. The first-order valence-corrected chi connectivity index (χ1v) is 6.84. The molecule has 0 spiro atoms. The van der Waals surface area contributed by atoms with Crippen molar-refractivity contribution in [1.82, 2.24) is 0 Å². The molecule has 0 aliphatic rings. The number of halogens is 3. The lowest BCUT2D eigenvalue weighted by Crippen LogP contribution is -2.17. The molecular formula is C15H14BrF2NO. The standard InChI is InChI=1S/C15H14BrF2NO/c1-20-14-4-2-3-11(17)15(14)13(19)7-9-5-6-10(16)8-12(9)18/h2-6,8,13H,7,19H2,1H3. The lowest BCUT2D eigenvalue weighted by atomic mass is 9.98. The van der Waals surface area contributed by atoms with E-state index in [0.29, 0.717) is 15.8 Å². The fourth-order valence-electron chi connectivity index (χ4n) is 2.08. The molecule has 0 aromatic heterocycles. The minimum Gasteiger partial charge on any atom is -0.496 e. The molecule has 0 aliphatic carbocycles. The summed E-state index contributed by atoms with van der Waals surface area (Å²) in [6, 6.07) is 8.54. The molecule has 2 rings (SSSR count). The second-order valence-corrected chi connectivity index (χ2v) is 5.32. The summed E-state index contributed by atoms with van der Waals surface area (Å²) in [4.78, 5) is 0. The molecule has 1 unspecified atom stereocenters. The molecule has 0 saturated heterocycles. The minimum atomic E-state index is -0.679. The van der Waals surface area contributed by atoms with E-state index >= 15 is 0 Å². The lowest BCUT2D eigenvalue weighted by molar-refractivity contribution is 0.398. The molecule has 1 atom stereocenters. The Morgan fingerprint density at radius 1 is 1.20 bits per heavy atom. The highest BCUT2D eigenvalue weighted by atomic mass is 79.9. The van der Waals surface area contributed by atoms with Crippen LogP contribution in [0.2, 0.25) is 0 Å². The normalized spacial score (nSPS) is 12.2. The van der Waals surface area contributed by atoms with Gasteiger partial charge in [-0.1, -0.05) is 28.1 Å². The number of rotatable bonds is 4. The van der Waals surface area contributed by atoms with E-state index < -0.39 is 11.9 Å². The molecule has 2 aromatic carbocycles. The number of hydrogen-bond donors (Lipinski definition) is 1. The van der Waals surface area contributed by atoms with Crippen LogP contribution >= 0.6 is 15.9 Å². The zero-order chi connectivity index (χ0) is 14.7. The summed E-state index contributed by atoms with van der Waals surface area (Å²) in [5.41, 5.74) is 6.71. The first-order chi connectivity index (χ1) is 9.52. The van der Waals surface area contributed by atoms with Gasteiger partial charge in [-0.3, -0.25) is 0 Å². The summed E-state index contributed by atoms with van der Waals surface area (Å²) >= 11 is 3.19. The molecule has 0 fully saturated rings. The Morgan fingerprint density at radius 3 is 2.60 bits per heavy atom. The topological polar surface area (TPSA) is 35.2 Å². The van der Waals surface area contributed by atoms with Gasteiger partial charge in [0.2, 0.25) is 0 Å². The van der Waals surface area contributed by atoms with Gasteiger partial charge in [0.1, 0.15) is 17.4 Å². The summed E-state index contributed by atoms with van der Waals surface area (Å²) in [6.45, 7) is 0. The highest BCUT2D eigenvalue weighted by Crippen LogP contribution is 2.29. The van der Waals surface area contributed by atoms with Gasteiger partial charge in [-0.15, -0.1) is 0 Å². The van der Waals surface area contributed by atoms with Crippen LogP contribution in [0, 0.1) is 11.6 Å². The van der Waals surface area contributed by atoms with E-state index in [4.69, 9.17) is 10.5 Å². The van der Waals surface area contributed by atoms with Crippen LogP contribution in [0.15, 0.2) is 40.9 Å². The largest absolute Gasteiger partial charge is 0.496 e. The van der Waals surface area contributed by atoms with Gasteiger partial charge in [-0.2, -0.15) is 0 Å². The van der Waals surface area contributed by atoms with Crippen molar-refractivity contribution in [2.45, 2.75) is 12.5 Å². The Balaban J connectivity index is 2.30. The van der Waals surface area contributed by atoms with E-state index in [9.17, 15) is 8.78 Å². The molecule has 0 amide bonds. The summed E-state index contributed by atoms with van der Waals surface area (Å²) < 4.78 is 33.5. The van der Waals surface area contributed by atoms with Crippen molar-refractivity contribution in [2.24, 2.45) is 5.73 Å². The average molecular weight is 342 g/mol. The van der Waals surface area contributed by atoms with Crippen LogP contribution in [0.1, 0.15) is 17.2 Å². The van der Waals surface area contributed by atoms with Gasteiger partial charge in [0.15, 0.2) is 0 Å². The van der Waals surface area contributed by atoms with Gasteiger partial charge in [-0.05, 0) is 36.2 Å². The smallest absolute Gasteiger partial charge is 0.131 e. The molecule has 0 aliphatic heterocycles. The molecule has 5 heteroatoms. The molecule has 0 saturated carbocycles. The molecule has 0 radical (unpaired) electrons. The number of hydrogen-bond acceptors (Lipinski definition) is 2. The quantitative estimate of drug-likeness (QED) is 0.912. The summed E-state index contributed by atoms with van der Waals surface area (Å²) in [5, 5.41) is 0. The van der Waals surface area contributed by atoms with Crippen molar-refractivity contribution in [3.05, 3.63) is 63.6 Å². The van der Waals surface area contributed by atoms with E-state index in [1.165, 1.54) is 19.2 Å². The third kappa shape index (κ3) is 3.16. The Kier molecular flexibility index (Phi) is 4.73. The molecule has 0 heterocycles. The lowest BCUT2D eigenvalue weighted by Gasteiger charge is -2.17. The number of nitrogens with two attached hydrogens (primary N) is 1. The monoisotopic (exact) mass is 341 g/mol. The molecular weight excluding hydrogens is 328 g/mol. The fraction of sp³-hybridized carbons (Fsp3) is 0.200. The fourth-order valence-corrected chi connectivity index (χ4v) is 2.41. The average Bonchev–Trinajstić information content (AvgIpc) is 2.41. The van der Waals surface area contributed by atoms with E-state index in [1.54, 1.807) is 24.3 Å². The number of methoxy groups -OCH3 is 1. The van der Waals surface area contributed by atoms with Gasteiger partial charge in [0.25, 0.3) is 0 Å². The van der Waals surface area contributed by atoms with Crippen LogP contribution in [0.4, 0.5) is 8.78 Å². The zero-order valence-electron chi connectivity index (χ0n) is 10.9. The van der Waals surface area contributed by atoms with Crippen molar-refractivity contribution in [1.29, 1.82) is 0 Å². The van der Waals surface area contributed by atoms with Gasteiger partial charge >= 0.3 is 0 Å². The molecule has 106 valence electrons. The van der Waals surface area contributed by atoms with Crippen molar-refractivity contribution in [3.8, 4) is 5.75 Å². The molecule has 2 nitrogen and oxygen atoms in total. The van der Waals surface area contributed by atoms with Crippen molar-refractivity contribution < 1.29 is 13.5 Å². The maximum atomic E-state index is 13.9. The summed E-state index contributed by atoms with van der Waals surface area (Å²) in [6.07, 6.45) is 0.191. The predicted molar refractivity (Wildman–Crippen MR) is 77.7 cm³/mol. The third-order valence-electron chi connectivity index (χ3n) is 3.06. The maximum Gasteiger partial charge on any atom is 0.131 e. The van der Waals surface area contributed by atoms with E-state index in [-0.39, 0.29) is 17.8 Å². The number of ether oxygens (including phenoxy) is 1. The van der Waals surface area contributed by atoms with Crippen molar-refractivity contribution >= 4 is 15.9 Å². The first kappa shape index (κ1) is 14.9. The first-order valence-electron chi connectivity index (χ1n) is 6.05. The van der Waals surface area contributed by atoms with Gasteiger partial charge in [0.05, 0.1) is 7.11 Å². The van der Waals surface area contributed by atoms with Crippen molar-refractivity contribution in [2.75, 3.05) is 7.11 Å². The molecule has 20 heavy (non-hydrogen) atoms. The SMILES string of the molecule is COc1cccc(F)c1C(N)Cc1ccc(Br)cc1F. The third-order valence-corrected chi connectivity index (χ3v) is 3.55. The van der Waals surface area contributed by atoms with Crippen LogP contribution < -0.4 is 10.5 Å². The van der Waals surface area contributed by atoms with Crippen molar-refractivity contribution in [3.63, 3.8) is 0 Å². The van der Waals surface area contributed by atoms with Gasteiger partial charge in [0, 0.05) is 16.1 Å². The van der Waals surface area contributed by atoms with E-state index in [1.807, 2.05) is 0 Å². The zero-order valence-corrected chi connectivity index (χ0v) is 12.5. The summed E-state index contributed by atoms with van der Waals surface area (Å²) in [7, 11) is 1.45. The van der Waals surface area contributed by atoms with Gasteiger partial charge < -0.3 is 10.5 Å². The minimum absolute atomic E-state index is 0.191. The predicted octanol–water partition coefficient (Wildman–Crippen LogP) is 3.98. The highest BCUT2D eigenvalue weighted by Gasteiger charge is 2.18. The van der Waals surface area contributed by atoms with Crippen LogP contribution in [0.25, 0.3) is 0 Å². The molecule has 2 N–H and O–H groups in total. The maximum absolute atomic E-state index is 13.9. The van der Waals surface area contributed by atoms with Gasteiger partial charge in [-0.25, -0.2) is 8.78 Å². The molecule has 2 aromatic rings. The van der Waals surface area contributed by atoms with Crippen LogP contribution in [-0.2, 0) is 6.42 Å². The Hall–Kier alpha value is -1.46. The molecule has 0 bridgehead atoms. The Bertz CT molecular complexity index is 619. The Morgan fingerprint density at radius 2 is 1.95 bits per heavy atom. The second-order valence-electron chi connectivity index (χ2n) is 4.40. The Labute approximate surface area is 124 Å². The van der Waals surface area contributed by atoms with Crippen LogP contribution in [-0.4, -0.2) is 7.11 Å².